The molecule has 0 saturated heterocycles. The fourth-order valence-electron chi connectivity index (χ4n) is 1.28. The van der Waals surface area contributed by atoms with Crippen LogP contribution in [-0.4, -0.2) is 5.78 Å². The molecule has 0 amide bonds. The van der Waals surface area contributed by atoms with Gasteiger partial charge in [-0.1, -0.05) is 6.92 Å². The van der Waals surface area contributed by atoms with E-state index in [4.69, 9.17) is 0 Å². The van der Waals surface area contributed by atoms with E-state index in [0.717, 1.165) is 12.1 Å². The monoisotopic (exact) mass is 184 g/mol. The van der Waals surface area contributed by atoms with Gasteiger partial charge < -0.3 is 0 Å². The zero-order valence-corrected chi connectivity index (χ0v) is 7.53. The van der Waals surface area contributed by atoms with Gasteiger partial charge in [-0.05, 0) is 25.0 Å². The van der Waals surface area contributed by atoms with Gasteiger partial charge in [-0.25, -0.2) is 8.78 Å². The third kappa shape index (κ3) is 1.91. The Morgan fingerprint density at radius 1 is 1.38 bits per heavy atom. The lowest BCUT2D eigenvalue weighted by Gasteiger charge is -2.05. The minimum Gasteiger partial charge on any atom is -0.294 e. The summed E-state index contributed by atoms with van der Waals surface area (Å²) in [5.74, 6) is -1.66. The van der Waals surface area contributed by atoms with Gasteiger partial charge in [0, 0.05) is 11.6 Å². The highest BCUT2D eigenvalue weighted by Crippen LogP contribution is 2.17. The normalized spacial score (nSPS) is 10.2. The lowest BCUT2D eigenvalue weighted by Crippen LogP contribution is -2.02. The van der Waals surface area contributed by atoms with E-state index in [0.29, 0.717) is 6.42 Å². The molecule has 0 fully saturated rings. The Morgan fingerprint density at radius 3 is 2.46 bits per heavy atom. The van der Waals surface area contributed by atoms with Crippen molar-refractivity contribution in [3.63, 3.8) is 0 Å². The van der Waals surface area contributed by atoms with Gasteiger partial charge in [0.05, 0.1) is 0 Å². The van der Waals surface area contributed by atoms with Crippen LogP contribution < -0.4 is 0 Å². The summed E-state index contributed by atoms with van der Waals surface area (Å²) in [7, 11) is 0. The van der Waals surface area contributed by atoms with E-state index in [9.17, 15) is 13.6 Å². The fourth-order valence-corrected chi connectivity index (χ4v) is 1.28. The Morgan fingerprint density at radius 2 is 2.00 bits per heavy atom. The van der Waals surface area contributed by atoms with Crippen molar-refractivity contribution in [1.82, 2.24) is 0 Å². The molecule has 0 saturated carbocycles. The first kappa shape index (κ1) is 9.84. The highest BCUT2D eigenvalue weighted by Gasteiger charge is 2.12. The van der Waals surface area contributed by atoms with Crippen LogP contribution in [0.15, 0.2) is 12.1 Å². The molecule has 0 bridgehead atoms. The average Bonchev–Trinajstić information content (AvgIpc) is 2.02. The Labute approximate surface area is 75.4 Å². The van der Waals surface area contributed by atoms with Crippen molar-refractivity contribution in [3.8, 4) is 0 Å². The van der Waals surface area contributed by atoms with Crippen LogP contribution >= 0.6 is 0 Å². The minimum atomic E-state index is -0.708. The van der Waals surface area contributed by atoms with Crippen molar-refractivity contribution in [2.24, 2.45) is 0 Å². The van der Waals surface area contributed by atoms with Crippen molar-refractivity contribution in [1.29, 1.82) is 0 Å². The summed E-state index contributed by atoms with van der Waals surface area (Å²) in [5.41, 5.74) is 0.425. The lowest BCUT2D eigenvalue weighted by molar-refractivity contribution is 0.101. The third-order valence-corrected chi connectivity index (χ3v) is 1.89. The van der Waals surface area contributed by atoms with Gasteiger partial charge in [0.2, 0.25) is 0 Å². The van der Waals surface area contributed by atoms with Crippen molar-refractivity contribution in [3.05, 3.63) is 34.9 Å². The zero-order chi connectivity index (χ0) is 10.0. The summed E-state index contributed by atoms with van der Waals surface area (Å²) in [6.45, 7) is 3.02. The van der Waals surface area contributed by atoms with Crippen LogP contribution in [0.1, 0.15) is 29.8 Å². The van der Waals surface area contributed by atoms with Gasteiger partial charge in [-0.3, -0.25) is 4.79 Å². The summed E-state index contributed by atoms with van der Waals surface area (Å²) in [4.78, 5) is 11.0. The number of carbonyl (C=O) groups is 1. The number of benzene rings is 1. The van der Waals surface area contributed by atoms with E-state index in [1.807, 2.05) is 0 Å². The summed E-state index contributed by atoms with van der Waals surface area (Å²) in [6, 6.07) is 1.87. The van der Waals surface area contributed by atoms with E-state index in [1.54, 1.807) is 6.92 Å². The number of halogens is 2. The predicted octanol–water partition coefficient (Wildman–Crippen LogP) is 2.73. The molecule has 0 unspecified atom stereocenters. The molecule has 0 atom stereocenters. The molecule has 0 aliphatic carbocycles. The largest absolute Gasteiger partial charge is 0.294 e. The Hall–Kier alpha value is -1.25. The number of hydrogen-bond acceptors (Lipinski definition) is 1. The number of carbonyl (C=O) groups excluding carboxylic acids is 1. The van der Waals surface area contributed by atoms with Crippen LogP contribution in [0.2, 0.25) is 0 Å². The molecule has 0 aliphatic rings. The summed E-state index contributed by atoms with van der Waals surface area (Å²) >= 11 is 0. The molecule has 70 valence electrons. The van der Waals surface area contributed by atoms with Crippen molar-refractivity contribution in [2.45, 2.75) is 20.3 Å². The molecule has 0 aliphatic heterocycles. The van der Waals surface area contributed by atoms with Crippen LogP contribution in [-0.2, 0) is 6.42 Å². The number of rotatable bonds is 2. The molecule has 13 heavy (non-hydrogen) atoms. The molecular formula is C10H10F2O. The zero-order valence-electron chi connectivity index (χ0n) is 7.53. The van der Waals surface area contributed by atoms with Gasteiger partial charge in [0.25, 0.3) is 0 Å². The van der Waals surface area contributed by atoms with Gasteiger partial charge in [-0.15, -0.1) is 0 Å². The van der Waals surface area contributed by atoms with Gasteiger partial charge >= 0.3 is 0 Å². The predicted molar refractivity (Wildman–Crippen MR) is 45.7 cm³/mol. The Kier molecular flexibility index (Phi) is 2.76. The Balaban J connectivity index is 3.38. The lowest BCUT2D eigenvalue weighted by atomic mass is 10.0. The molecule has 0 aromatic heterocycles. The third-order valence-electron chi connectivity index (χ3n) is 1.89. The molecule has 1 nitrogen and oxygen atoms in total. The van der Waals surface area contributed by atoms with Crippen LogP contribution in [0.3, 0.4) is 0 Å². The first-order chi connectivity index (χ1) is 6.06. The summed E-state index contributed by atoms with van der Waals surface area (Å²) in [5, 5.41) is 0. The quantitative estimate of drug-likeness (QED) is 0.646. The summed E-state index contributed by atoms with van der Waals surface area (Å²) in [6.07, 6.45) is 0.390. The SMILES string of the molecule is CCc1c(F)cc(F)cc1C(C)=O. The molecule has 0 N–H and O–H groups in total. The topological polar surface area (TPSA) is 17.1 Å². The number of Topliss-reactive ketones (excluding diaryl/α,β-unsaturated/α-hetero) is 1. The van der Waals surface area contributed by atoms with Gasteiger partial charge in [0.1, 0.15) is 11.6 Å². The van der Waals surface area contributed by atoms with E-state index < -0.39 is 11.6 Å². The standard InChI is InChI=1S/C10H10F2O/c1-3-8-9(6(2)13)4-7(11)5-10(8)12/h4-5H,3H2,1-2H3. The maximum absolute atomic E-state index is 13.1. The van der Waals surface area contributed by atoms with Gasteiger partial charge in [-0.2, -0.15) is 0 Å². The van der Waals surface area contributed by atoms with Crippen LogP contribution in [0, 0.1) is 11.6 Å². The molecule has 0 heterocycles. The van der Waals surface area contributed by atoms with Crippen LogP contribution in [0.5, 0.6) is 0 Å². The van der Waals surface area contributed by atoms with E-state index in [-0.39, 0.29) is 16.9 Å². The second-order valence-electron chi connectivity index (χ2n) is 2.82. The second kappa shape index (κ2) is 3.64. The van der Waals surface area contributed by atoms with E-state index >= 15 is 0 Å². The minimum absolute atomic E-state index is 0.139. The molecule has 0 radical (unpaired) electrons. The average molecular weight is 184 g/mol. The number of hydrogen-bond donors (Lipinski definition) is 0. The van der Waals surface area contributed by atoms with E-state index in [2.05, 4.69) is 0 Å². The van der Waals surface area contributed by atoms with E-state index in [1.165, 1.54) is 6.92 Å². The van der Waals surface area contributed by atoms with Crippen molar-refractivity contribution in [2.75, 3.05) is 0 Å². The first-order valence-electron chi connectivity index (χ1n) is 4.05. The molecule has 1 rings (SSSR count). The molecule has 0 spiro atoms. The van der Waals surface area contributed by atoms with Gasteiger partial charge in [0.15, 0.2) is 5.78 Å². The fraction of sp³-hybridized carbons (Fsp3) is 0.300. The Bertz CT molecular complexity index is 345. The second-order valence-corrected chi connectivity index (χ2v) is 2.82. The highest BCUT2D eigenvalue weighted by molar-refractivity contribution is 5.95. The first-order valence-corrected chi connectivity index (χ1v) is 4.05. The molecule has 1 aromatic carbocycles. The van der Waals surface area contributed by atoms with Crippen molar-refractivity contribution >= 4 is 5.78 Å². The molecule has 1 aromatic rings. The van der Waals surface area contributed by atoms with Crippen LogP contribution in [0.4, 0.5) is 8.78 Å². The summed E-state index contributed by atoms with van der Waals surface area (Å²) < 4.78 is 25.8. The maximum atomic E-state index is 13.1. The van der Waals surface area contributed by atoms with Crippen molar-refractivity contribution < 1.29 is 13.6 Å². The van der Waals surface area contributed by atoms with Crippen LogP contribution in [0.25, 0.3) is 0 Å². The maximum Gasteiger partial charge on any atom is 0.160 e. The number of ketones is 1. The smallest absolute Gasteiger partial charge is 0.160 e. The molecule has 3 heteroatoms. The highest BCUT2D eigenvalue weighted by atomic mass is 19.1. The molecular weight excluding hydrogens is 174 g/mol.